The predicted octanol–water partition coefficient (Wildman–Crippen LogP) is 3.13. The van der Waals surface area contributed by atoms with Gasteiger partial charge in [-0.3, -0.25) is 4.79 Å². The van der Waals surface area contributed by atoms with Crippen molar-refractivity contribution in [2.75, 3.05) is 7.11 Å². The van der Waals surface area contributed by atoms with Gasteiger partial charge in [0, 0.05) is 0 Å². The topological polar surface area (TPSA) is 26.3 Å². The Kier molecular flexibility index (Phi) is 3.01. The van der Waals surface area contributed by atoms with E-state index in [1.54, 1.807) is 17.5 Å². The number of ether oxygens (including phenoxy) is 1. The Morgan fingerprint density at radius 3 is 2.81 bits per heavy atom. The molecule has 0 spiro atoms. The summed E-state index contributed by atoms with van der Waals surface area (Å²) in [6.07, 6.45) is 0. The van der Waals surface area contributed by atoms with Crippen LogP contribution in [0.2, 0.25) is 0 Å². The molecule has 2 aromatic rings. The quantitative estimate of drug-likeness (QED) is 0.765. The van der Waals surface area contributed by atoms with E-state index in [1.807, 2.05) is 0 Å². The van der Waals surface area contributed by atoms with E-state index in [2.05, 4.69) is 0 Å². The first-order valence-electron chi connectivity index (χ1n) is 4.64. The summed E-state index contributed by atoms with van der Waals surface area (Å²) in [5, 5.41) is 1.80. The van der Waals surface area contributed by atoms with Crippen LogP contribution in [-0.2, 0) is 0 Å². The summed E-state index contributed by atoms with van der Waals surface area (Å²) in [6.45, 7) is 0. The first-order chi connectivity index (χ1) is 7.72. The average Bonchev–Trinajstić information content (AvgIpc) is 2.81. The number of ketones is 1. The lowest BCUT2D eigenvalue weighted by atomic mass is 10.1. The second-order valence-corrected chi connectivity index (χ2v) is 4.10. The molecule has 2 nitrogen and oxygen atoms in total. The molecule has 0 aliphatic carbocycles. The van der Waals surface area contributed by atoms with E-state index in [4.69, 9.17) is 4.74 Å². The van der Waals surface area contributed by atoms with Gasteiger partial charge in [-0.15, -0.1) is 11.3 Å². The fourth-order valence-electron chi connectivity index (χ4n) is 1.40. The number of carbonyl (C=O) groups excluding carboxylic acids is 1. The number of carbonyl (C=O) groups is 1. The molecule has 1 heterocycles. The van der Waals surface area contributed by atoms with Gasteiger partial charge in [0.1, 0.15) is 11.6 Å². The van der Waals surface area contributed by atoms with E-state index in [9.17, 15) is 9.18 Å². The highest BCUT2D eigenvalue weighted by Gasteiger charge is 2.15. The molecular weight excluding hydrogens is 227 g/mol. The van der Waals surface area contributed by atoms with Crippen molar-refractivity contribution in [1.29, 1.82) is 0 Å². The molecule has 2 rings (SSSR count). The minimum Gasteiger partial charge on any atom is -0.496 e. The van der Waals surface area contributed by atoms with Crippen LogP contribution >= 0.6 is 11.3 Å². The number of thiophene rings is 1. The van der Waals surface area contributed by atoms with E-state index in [1.165, 1.54) is 36.6 Å². The Morgan fingerprint density at radius 2 is 2.19 bits per heavy atom. The molecule has 0 atom stereocenters. The van der Waals surface area contributed by atoms with Gasteiger partial charge in [0.2, 0.25) is 5.78 Å². The Hall–Kier alpha value is -1.68. The lowest BCUT2D eigenvalue weighted by molar-refractivity contribution is 0.103. The van der Waals surface area contributed by atoms with Crippen LogP contribution < -0.4 is 4.74 Å². The van der Waals surface area contributed by atoms with Gasteiger partial charge >= 0.3 is 0 Å². The van der Waals surface area contributed by atoms with Crippen LogP contribution in [0.3, 0.4) is 0 Å². The molecule has 0 unspecified atom stereocenters. The normalized spacial score (nSPS) is 10.1. The molecule has 0 saturated heterocycles. The van der Waals surface area contributed by atoms with Crippen molar-refractivity contribution in [2.24, 2.45) is 0 Å². The third-order valence-electron chi connectivity index (χ3n) is 2.15. The molecule has 16 heavy (non-hydrogen) atoms. The lowest BCUT2D eigenvalue weighted by Gasteiger charge is -2.06. The maximum absolute atomic E-state index is 13.1. The van der Waals surface area contributed by atoms with Gasteiger partial charge in [0.25, 0.3) is 0 Å². The second-order valence-electron chi connectivity index (χ2n) is 3.15. The van der Waals surface area contributed by atoms with Crippen molar-refractivity contribution >= 4 is 17.1 Å². The molecule has 0 bridgehead atoms. The minimum absolute atomic E-state index is 0.216. The van der Waals surface area contributed by atoms with Crippen molar-refractivity contribution in [2.45, 2.75) is 0 Å². The Balaban J connectivity index is 2.47. The van der Waals surface area contributed by atoms with Crippen LogP contribution in [0.15, 0.2) is 35.7 Å². The van der Waals surface area contributed by atoms with Gasteiger partial charge in [0.05, 0.1) is 17.6 Å². The number of hydrogen-bond acceptors (Lipinski definition) is 3. The fourth-order valence-corrected chi connectivity index (χ4v) is 2.08. The second kappa shape index (κ2) is 4.45. The number of hydrogen-bond donors (Lipinski definition) is 0. The summed E-state index contributed by atoms with van der Waals surface area (Å²) in [7, 11) is 1.46. The third-order valence-corrected chi connectivity index (χ3v) is 3.02. The number of benzene rings is 1. The summed E-state index contributed by atoms with van der Waals surface area (Å²) in [6, 6.07) is 7.40. The monoisotopic (exact) mass is 236 g/mol. The summed E-state index contributed by atoms with van der Waals surface area (Å²) in [5.74, 6) is -0.271. The SMILES string of the molecule is COc1ccc(F)cc1C(=O)c1cccs1. The van der Waals surface area contributed by atoms with Crippen LogP contribution in [0.25, 0.3) is 0 Å². The number of methoxy groups -OCH3 is 1. The molecule has 0 fully saturated rings. The molecule has 0 aliphatic rings. The molecule has 1 aromatic heterocycles. The van der Waals surface area contributed by atoms with Gasteiger partial charge in [0.15, 0.2) is 0 Å². The van der Waals surface area contributed by atoms with Crippen LogP contribution in [0, 0.1) is 5.82 Å². The highest BCUT2D eigenvalue weighted by molar-refractivity contribution is 7.12. The smallest absolute Gasteiger partial charge is 0.206 e. The Bertz CT molecular complexity index is 506. The van der Waals surface area contributed by atoms with Crippen molar-refractivity contribution < 1.29 is 13.9 Å². The number of rotatable bonds is 3. The molecule has 0 aliphatic heterocycles. The molecule has 82 valence electrons. The molecule has 0 radical (unpaired) electrons. The molecule has 1 aromatic carbocycles. The molecular formula is C12H9FO2S. The van der Waals surface area contributed by atoms with Gasteiger partial charge < -0.3 is 4.74 Å². The van der Waals surface area contributed by atoms with Crippen molar-refractivity contribution in [3.63, 3.8) is 0 Å². The highest BCUT2D eigenvalue weighted by Crippen LogP contribution is 2.24. The van der Waals surface area contributed by atoms with E-state index in [0.717, 1.165) is 0 Å². The van der Waals surface area contributed by atoms with E-state index in [-0.39, 0.29) is 11.3 Å². The minimum atomic E-state index is -0.444. The molecule has 0 N–H and O–H groups in total. The van der Waals surface area contributed by atoms with Crippen molar-refractivity contribution in [3.05, 3.63) is 52.0 Å². The zero-order valence-corrected chi connectivity index (χ0v) is 9.38. The van der Waals surface area contributed by atoms with E-state index >= 15 is 0 Å². The molecule has 0 amide bonds. The van der Waals surface area contributed by atoms with Crippen molar-refractivity contribution in [1.82, 2.24) is 0 Å². The third kappa shape index (κ3) is 1.97. The van der Waals surface area contributed by atoms with E-state index in [0.29, 0.717) is 10.6 Å². The van der Waals surface area contributed by atoms with E-state index < -0.39 is 5.82 Å². The summed E-state index contributed by atoms with van der Waals surface area (Å²) >= 11 is 1.32. The van der Waals surface area contributed by atoms with Gasteiger partial charge in [-0.1, -0.05) is 6.07 Å². The summed E-state index contributed by atoms with van der Waals surface area (Å²) < 4.78 is 18.1. The summed E-state index contributed by atoms with van der Waals surface area (Å²) in [5.41, 5.74) is 0.255. The zero-order chi connectivity index (χ0) is 11.5. The largest absolute Gasteiger partial charge is 0.496 e. The van der Waals surface area contributed by atoms with Crippen LogP contribution in [0.1, 0.15) is 15.2 Å². The maximum atomic E-state index is 13.1. The number of halogens is 1. The van der Waals surface area contributed by atoms with Crippen LogP contribution in [-0.4, -0.2) is 12.9 Å². The molecule has 4 heteroatoms. The van der Waals surface area contributed by atoms with Gasteiger partial charge in [-0.2, -0.15) is 0 Å². The zero-order valence-electron chi connectivity index (χ0n) is 8.57. The maximum Gasteiger partial charge on any atom is 0.206 e. The summed E-state index contributed by atoms with van der Waals surface area (Å²) in [4.78, 5) is 12.6. The predicted molar refractivity (Wildman–Crippen MR) is 60.7 cm³/mol. The van der Waals surface area contributed by atoms with Gasteiger partial charge in [-0.25, -0.2) is 4.39 Å². The molecule has 0 saturated carbocycles. The Morgan fingerprint density at radius 1 is 1.38 bits per heavy atom. The lowest BCUT2D eigenvalue weighted by Crippen LogP contribution is -2.02. The van der Waals surface area contributed by atoms with Gasteiger partial charge in [-0.05, 0) is 29.6 Å². The first kappa shape index (κ1) is 10.8. The standard InChI is InChI=1S/C12H9FO2S/c1-15-10-5-4-8(13)7-9(10)12(14)11-3-2-6-16-11/h2-7H,1H3. The van der Waals surface area contributed by atoms with Crippen LogP contribution in [0.5, 0.6) is 5.75 Å². The average molecular weight is 236 g/mol. The van der Waals surface area contributed by atoms with Crippen LogP contribution in [0.4, 0.5) is 4.39 Å². The van der Waals surface area contributed by atoms with Crippen molar-refractivity contribution in [3.8, 4) is 5.75 Å². The Labute approximate surface area is 96.3 Å². The fraction of sp³-hybridized carbons (Fsp3) is 0.0833. The highest BCUT2D eigenvalue weighted by atomic mass is 32.1. The first-order valence-corrected chi connectivity index (χ1v) is 5.52.